The van der Waals surface area contributed by atoms with Crippen LogP contribution >= 0.6 is 0 Å². The third kappa shape index (κ3) is 4.46. The molecule has 0 bridgehead atoms. The van der Waals surface area contributed by atoms with E-state index in [4.69, 9.17) is 0 Å². The lowest BCUT2D eigenvalue weighted by atomic mass is 9.98. The Hall–Kier alpha value is -3.88. The van der Waals surface area contributed by atoms with Gasteiger partial charge in [-0.1, -0.05) is 18.2 Å². The first-order chi connectivity index (χ1) is 16.2. The summed E-state index contributed by atoms with van der Waals surface area (Å²) >= 11 is 0. The molecule has 1 atom stereocenters. The van der Waals surface area contributed by atoms with E-state index < -0.39 is 41.3 Å². The number of halogens is 4. The molecule has 1 aliphatic heterocycles. The van der Waals surface area contributed by atoms with E-state index in [1.807, 2.05) is 6.92 Å². The maximum absolute atomic E-state index is 13.9. The minimum absolute atomic E-state index is 0.153. The van der Waals surface area contributed by atoms with Crippen LogP contribution < -0.4 is 10.2 Å². The standard InChI is InChI=1S/C25H21F4N3O2/c1-14-19-8-5-16(24(33)30-12-20-21(28)10-18(27)11-22(20)29)9-23(19)32(25(34)31(14)2)13-15-3-6-17(26)7-4-15/h3-11,14H,12-13H2,1-2H3,(H,30,33)/t14-/m1/s1. The molecule has 0 saturated carbocycles. The van der Waals surface area contributed by atoms with Gasteiger partial charge in [0.15, 0.2) is 0 Å². The zero-order chi connectivity index (χ0) is 24.6. The quantitative estimate of drug-likeness (QED) is 0.513. The Bertz CT molecular complexity index is 1240. The monoisotopic (exact) mass is 471 g/mol. The first-order valence-electron chi connectivity index (χ1n) is 10.5. The summed E-state index contributed by atoms with van der Waals surface area (Å²) in [5.41, 5.74) is 1.72. The molecule has 34 heavy (non-hydrogen) atoms. The van der Waals surface area contributed by atoms with Gasteiger partial charge in [0.2, 0.25) is 0 Å². The van der Waals surface area contributed by atoms with Gasteiger partial charge in [0.25, 0.3) is 5.91 Å². The molecule has 1 N–H and O–H groups in total. The second kappa shape index (κ2) is 9.17. The van der Waals surface area contributed by atoms with Crippen LogP contribution in [0.25, 0.3) is 0 Å². The SMILES string of the molecule is C[C@@H]1c2ccc(C(=O)NCc3c(F)cc(F)cc3F)cc2N(Cc2ccc(F)cc2)C(=O)N1C. The fourth-order valence-electron chi connectivity index (χ4n) is 3.88. The summed E-state index contributed by atoms with van der Waals surface area (Å²) < 4.78 is 54.2. The number of anilines is 1. The maximum atomic E-state index is 13.9. The van der Waals surface area contributed by atoms with Crippen molar-refractivity contribution in [1.29, 1.82) is 0 Å². The number of carbonyl (C=O) groups is 2. The molecule has 9 heteroatoms. The number of benzene rings is 3. The molecule has 0 spiro atoms. The Morgan fingerprint density at radius 2 is 1.59 bits per heavy atom. The molecule has 0 aliphatic carbocycles. The normalized spacial score (nSPS) is 15.4. The lowest BCUT2D eigenvalue weighted by molar-refractivity contribution is 0.0950. The average molecular weight is 471 g/mol. The van der Waals surface area contributed by atoms with Crippen LogP contribution in [0.15, 0.2) is 54.6 Å². The van der Waals surface area contributed by atoms with Crippen molar-refractivity contribution in [3.05, 3.63) is 100 Å². The van der Waals surface area contributed by atoms with Crippen molar-refractivity contribution in [2.45, 2.75) is 26.1 Å². The van der Waals surface area contributed by atoms with Crippen LogP contribution in [0.5, 0.6) is 0 Å². The van der Waals surface area contributed by atoms with E-state index in [0.29, 0.717) is 23.4 Å². The fourth-order valence-corrected chi connectivity index (χ4v) is 3.88. The van der Waals surface area contributed by atoms with Crippen molar-refractivity contribution < 1.29 is 27.2 Å². The van der Waals surface area contributed by atoms with E-state index in [2.05, 4.69) is 5.32 Å². The molecular formula is C25H21F4N3O2. The van der Waals surface area contributed by atoms with Gasteiger partial charge in [0, 0.05) is 36.9 Å². The number of nitrogens with one attached hydrogen (secondary N) is 1. The highest BCUT2D eigenvalue weighted by Crippen LogP contribution is 2.37. The first kappa shape index (κ1) is 23.3. The largest absolute Gasteiger partial charge is 0.348 e. The van der Waals surface area contributed by atoms with Gasteiger partial charge in [-0.3, -0.25) is 9.69 Å². The van der Waals surface area contributed by atoms with Crippen molar-refractivity contribution in [3.63, 3.8) is 0 Å². The van der Waals surface area contributed by atoms with Gasteiger partial charge in [-0.05, 0) is 42.3 Å². The van der Waals surface area contributed by atoms with E-state index in [9.17, 15) is 27.2 Å². The number of fused-ring (bicyclic) bond motifs is 1. The number of rotatable bonds is 5. The predicted octanol–water partition coefficient (Wildman–Crippen LogP) is 5.31. The number of urea groups is 1. The summed E-state index contributed by atoms with van der Waals surface area (Å²) in [5, 5.41) is 2.43. The van der Waals surface area contributed by atoms with Crippen LogP contribution in [-0.4, -0.2) is 23.9 Å². The van der Waals surface area contributed by atoms with E-state index in [-0.39, 0.29) is 24.2 Å². The van der Waals surface area contributed by atoms with Crippen LogP contribution in [0, 0.1) is 23.3 Å². The van der Waals surface area contributed by atoms with Gasteiger partial charge in [0.05, 0.1) is 18.3 Å². The van der Waals surface area contributed by atoms with Gasteiger partial charge in [-0.25, -0.2) is 22.4 Å². The second-order valence-corrected chi connectivity index (χ2v) is 8.09. The van der Waals surface area contributed by atoms with Gasteiger partial charge in [-0.2, -0.15) is 0 Å². The fraction of sp³-hybridized carbons (Fsp3) is 0.200. The molecule has 176 valence electrons. The van der Waals surface area contributed by atoms with E-state index in [1.165, 1.54) is 23.1 Å². The highest BCUT2D eigenvalue weighted by molar-refractivity contribution is 5.99. The smallest absolute Gasteiger partial charge is 0.325 e. The average Bonchev–Trinajstić information content (AvgIpc) is 2.80. The Morgan fingerprint density at radius 1 is 0.941 bits per heavy atom. The minimum Gasteiger partial charge on any atom is -0.348 e. The number of amides is 3. The molecule has 0 radical (unpaired) electrons. The van der Waals surface area contributed by atoms with Crippen LogP contribution in [0.1, 0.15) is 40.0 Å². The van der Waals surface area contributed by atoms with Gasteiger partial charge in [0.1, 0.15) is 23.3 Å². The highest BCUT2D eigenvalue weighted by atomic mass is 19.1. The number of carbonyl (C=O) groups excluding carboxylic acids is 2. The van der Waals surface area contributed by atoms with Gasteiger partial charge >= 0.3 is 6.03 Å². The summed E-state index contributed by atoms with van der Waals surface area (Å²) in [6.45, 7) is 1.53. The van der Waals surface area contributed by atoms with Gasteiger partial charge < -0.3 is 10.2 Å². The topological polar surface area (TPSA) is 52.7 Å². The molecular weight excluding hydrogens is 450 g/mol. The molecule has 3 amide bonds. The van der Waals surface area contributed by atoms with E-state index in [1.54, 1.807) is 36.2 Å². The first-order valence-corrected chi connectivity index (χ1v) is 10.5. The third-order valence-electron chi connectivity index (χ3n) is 5.93. The van der Waals surface area contributed by atoms with Gasteiger partial charge in [-0.15, -0.1) is 0 Å². The number of hydrogen-bond donors (Lipinski definition) is 1. The third-order valence-corrected chi connectivity index (χ3v) is 5.93. The summed E-state index contributed by atoms with van der Waals surface area (Å²) in [6, 6.07) is 11.1. The molecule has 1 aliphatic rings. The summed E-state index contributed by atoms with van der Waals surface area (Å²) in [6.07, 6.45) is 0. The molecule has 1 heterocycles. The van der Waals surface area contributed by atoms with Crippen molar-refractivity contribution >= 4 is 17.6 Å². The minimum atomic E-state index is -1.10. The summed E-state index contributed by atoms with van der Waals surface area (Å²) in [4.78, 5) is 28.8. The maximum Gasteiger partial charge on any atom is 0.325 e. The molecule has 3 aromatic carbocycles. The Labute approximate surface area is 193 Å². The summed E-state index contributed by atoms with van der Waals surface area (Å²) in [5.74, 6) is -4.27. The molecule has 0 saturated heterocycles. The number of hydrogen-bond acceptors (Lipinski definition) is 2. The van der Waals surface area contributed by atoms with Crippen molar-refractivity contribution in [2.75, 3.05) is 11.9 Å². The lowest BCUT2D eigenvalue weighted by Crippen LogP contribution is -2.46. The van der Waals surface area contributed by atoms with E-state index in [0.717, 1.165) is 5.56 Å². The van der Waals surface area contributed by atoms with Crippen LogP contribution in [-0.2, 0) is 13.1 Å². The molecule has 0 unspecified atom stereocenters. The number of nitrogens with zero attached hydrogens (tertiary/aromatic N) is 2. The lowest BCUT2D eigenvalue weighted by Gasteiger charge is -2.39. The van der Waals surface area contributed by atoms with Crippen LogP contribution in [0.2, 0.25) is 0 Å². The Balaban J connectivity index is 1.61. The molecule has 0 fully saturated rings. The molecule has 0 aromatic heterocycles. The zero-order valence-corrected chi connectivity index (χ0v) is 18.4. The Morgan fingerprint density at radius 3 is 2.24 bits per heavy atom. The zero-order valence-electron chi connectivity index (χ0n) is 18.4. The molecule has 3 aromatic rings. The van der Waals surface area contributed by atoms with E-state index >= 15 is 0 Å². The van der Waals surface area contributed by atoms with Crippen molar-refractivity contribution in [3.8, 4) is 0 Å². The van der Waals surface area contributed by atoms with Crippen LogP contribution in [0.3, 0.4) is 0 Å². The Kier molecular flexibility index (Phi) is 6.28. The van der Waals surface area contributed by atoms with Crippen molar-refractivity contribution in [1.82, 2.24) is 10.2 Å². The molecule has 5 nitrogen and oxygen atoms in total. The summed E-state index contributed by atoms with van der Waals surface area (Å²) in [7, 11) is 1.67. The second-order valence-electron chi connectivity index (χ2n) is 8.09. The highest BCUT2D eigenvalue weighted by Gasteiger charge is 2.33. The predicted molar refractivity (Wildman–Crippen MR) is 118 cm³/mol. The van der Waals surface area contributed by atoms with Crippen molar-refractivity contribution in [2.24, 2.45) is 0 Å². The molecule has 4 rings (SSSR count). The van der Waals surface area contributed by atoms with Crippen LogP contribution in [0.4, 0.5) is 28.0 Å².